The lowest BCUT2D eigenvalue weighted by molar-refractivity contribution is 0.0784. The van der Waals surface area contributed by atoms with Gasteiger partial charge in [-0.1, -0.05) is 41.9 Å². The van der Waals surface area contributed by atoms with Crippen molar-refractivity contribution in [3.05, 3.63) is 94.0 Å². The number of hydrogen-bond donors (Lipinski definition) is 0. The molecule has 146 valence electrons. The zero-order valence-corrected chi connectivity index (χ0v) is 17.0. The van der Waals surface area contributed by atoms with Gasteiger partial charge in [-0.2, -0.15) is 0 Å². The van der Waals surface area contributed by atoms with E-state index < -0.39 is 9.84 Å². The third kappa shape index (κ3) is 3.24. The molecular weight excluding hydrogens is 410 g/mol. The summed E-state index contributed by atoms with van der Waals surface area (Å²) in [5.41, 5.74) is 1.19. The maximum atomic E-state index is 13.0. The predicted molar refractivity (Wildman–Crippen MR) is 109 cm³/mol. The van der Waals surface area contributed by atoms with Gasteiger partial charge in [0.25, 0.3) is 5.91 Å². The van der Waals surface area contributed by atoms with Gasteiger partial charge in [0.2, 0.25) is 9.84 Å². The van der Waals surface area contributed by atoms with Crippen LogP contribution in [0, 0.1) is 0 Å². The van der Waals surface area contributed by atoms with Crippen molar-refractivity contribution >= 4 is 33.1 Å². The molecule has 1 aliphatic heterocycles. The molecule has 0 spiro atoms. The van der Waals surface area contributed by atoms with E-state index in [9.17, 15) is 18.0 Å². The van der Waals surface area contributed by atoms with Gasteiger partial charge in [-0.3, -0.25) is 9.59 Å². The summed E-state index contributed by atoms with van der Waals surface area (Å²) in [6, 6.07) is 17.4. The lowest BCUT2D eigenvalue weighted by Gasteiger charge is -2.21. The van der Waals surface area contributed by atoms with Gasteiger partial charge >= 0.3 is 0 Å². The first-order valence-corrected chi connectivity index (χ1v) is 10.7. The molecule has 1 amide bonds. The Labute approximate surface area is 173 Å². The van der Waals surface area contributed by atoms with Crippen molar-refractivity contribution in [2.45, 2.75) is 16.3 Å². The highest BCUT2D eigenvalue weighted by Crippen LogP contribution is 2.35. The van der Waals surface area contributed by atoms with Crippen molar-refractivity contribution in [3.63, 3.8) is 0 Å². The number of sulfone groups is 1. The van der Waals surface area contributed by atoms with Crippen molar-refractivity contribution in [2.75, 3.05) is 7.05 Å². The van der Waals surface area contributed by atoms with E-state index in [4.69, 9.17) is 11.6 Å². The molecule has 0 aromatic heterocycles. The minimum Gasteiger partial charge on any atom is -0.337 e. The highest BCUT2D eigenvalue weighted by molar-refractivity contribution is 7.91. The van der Waals surface area contributed by atoms with Crippen LogP contribution in [0.4, 0.5) is 0 Å². The van der Waals surface area contributed by atoms with E-state index in [1.165, 1.54) is 35.2 Å². The molecule has 0 N–H and O–H groups in total. The normalized spacial score (nSPS) is 14.1. The zero-order chi connectivity index (χ0) is 20.8. The summed E-state index contributed by atoms with van der Waals surface area (Å²) in [4.78, 5) is 26.9. The van der Waals surface area contributed by atoms with Crippen molar-refractivity contribution in [1.82, 2.24) is 4.90 Å². The molecule has 3 aromatic carbocycles. The predicted octanol–water partition coefficient (Wildman–Crippen LogP) is 3.99. The Hall–Kier alpha value is -2.96. The van der Waals surface area contributed by atoms with Crippen LogP contribution in [0.25, 0.3) is 0 Å². The van der Waals surface area contributed by atoms with Gasteiger partial charge < -0.3 is 4.90 Å². The Bertz CT molecular complexity index is 1270. The summed E-state index contributed by atoms with van der Waals surface area (Å²) >= 11 is 6.16. The maximum Gasteiger partial charge on any atom is 0.253 e. The third-order valence-corrected chi connectivity index (χ3v) is 7.12. The van der Waals surface area contributed by atoms with E-state index in [2.05, 4.69) is 0 Å². The number of amides is 1. The van der Waals surface area contributed by atoms with Gasteiger partial charge in [-0.25, -0.2) is 8.42 Å². The molecule has 0 atom stereocenters. The van der Waals surface area contributed by atoms with Crippen LogP contribution in [0.3, 0.4) is 0 Å². The van der Waals surface area contributed by atoms with Crippen LogP contribution in [-0.2, 0) is 16.4 Å². The summed E-state index contributed by atoms with van der Waals surface area (Å²) in [5, 5.41) is 0.544. The average molecular weight is 426 g/mol. The van der Waals surface area contributed by atoms with E-state index >= 15 is 0 Å². The van der Waals surface area contributed by atoms with Crippen LogP contribution in [-0.4, -0.2) is 32.1 Å². The van der Waals surface area contributed by atoms with E-state index in [1.54, 1.807) is 31.3 Å². The Kier molecular flexibility index (Phi) is 4.76. The van der Waals surface area contributed by atoms with Crippen LogP contribution in [0.5, 0.6) is 0 Å². The second kappa shape index (κ2) is 7.13. The second-order valence-corrected chi connectivity index (χ2v) is 9.09. The van der Waals surface area contributed by atoms with Crippen molar-refractivity contribution in [1.29, 1.82) is 0 Å². The number of fused-ring (bicyclic) bond motifs is 2. The highest BCUT2D eigenvalue weighted by atomic mass is 35.5. The SMILES string of the molecule is CN(Cc1ccccc1Cl)C(=O)c1ccc2c(c1)S(=O)(=O)c1ccccc1C2=O. The number of ketones is 1. The van der Waals surface area contributed by atoms with E-state index in [0.29, 0.717) is 5.02 Å². The Morgan fingerprint density at radius 2 is 1.59 bits per heavy atom. The maximum absolute atomic E-state index is 13.0. The number of carbonyl (C=O) groups is 2. The molecule has 0 saturated carbocycles. The Morgan fingerprint density at radius 3 is 2.34 bits per heavy atom. The van der Waals surface area contributed by atoms with Gasteiger partial charge in [-0.15, -0.1) is 0 Å². The average Bonchev–Trinajstić information content (AvgIpc) is 2.73. The minimum atomic E-state index is -3.89. The van der Waals surface area contributed by atoms with Crippen molar-refractivity contribution in [2.24, 2.45) is 0 Å². The molecule has 0 unspecified atom stereocenters. The Morgan fingerprint density at radius 1 is 0.931 bits per heavy atom. The third-order valence-electron chi connectivity index (χ3n) is 4.90. The monoisotopic (exact) mass is 425 g/mol. The number of benzene rings is 3. The van der Waals surface area contributed by atoms with Crippen LogP contribution < -0.4 is 0 Å². The lowest BCUT2D eigenvalue weighted by Crippen LogP contribution is -2.27. The summed E-state index contributed by atoms with van der Waals surface area (Å²) in [6.45, 7) is 0.268. The molecule has 7 heteroatoms. The largest absolute Gasteiger partial charge is 0.337 e. The van der Waals surface area contributed by atoms with Gasteiger partial charge in [0.1, 0.15) is 0 Å². The molecular formula is C22H16ClNO4S. The van der Waals surface area contributed by atoms with E-state index in [1.807, 2.05) is 12.1 Å². The number of carbonyl (C=O) groups excluding carboxylic acids is 2. The molecule has 1 heterocycles. The molecule has 0 fully saturated rings. The van der Waals surface area contributed by atoms with Crippen LogP contribution in [0.15, 0.2) is 76.5 Å². The molecule has 0 saturated heterocycles. The quantitative estimate of drug-likeness (QED) is 0.497. The van der Waals surface area contributed by atoms with Crippen LogP contribution in [0.2, 0.25) is 5.02 Å². The number of nitrogens with zero attached hydrogens (tertiary/aromatic N) is 1. The molecule has 4 rings (SSSR count). The fraction of sp³-hybridized carbons (Fsp3) is 0.0909. The number of rotatable bonds is 3. The fourth-order valence-corrected chi connectivity index (χ4v) is 5.26. The first-order chi connectivity index (χ1) is 13.8. The summed E-state index contributed by atoms with van der Waals surface area (Å²) < 4.78 is 26.1. The van der Waals surface area contributed by atoms with E-state index in [0.717, 1.165) is 5.56 Å². The Balaban J connectivity index is 1.71. The van der Waals surface area contributed by atoms with Crippen molar-refractivity contribution in [3.8, 4) is 0 Å². The smallest absolute Gasteiger partial charge is 0.253 e. The molecule has 0 radical (unpaired) electrons. The van der Waals surface area contributed by atoms with Gasteiger partial charge in [0, 0.05) is 35.3 Å². The topological polar surface area (TPSA) is 71.5 Å². The van der Waals surface area contributed by atoms with Crippen LogP contribution in [0.1, 0.15) is 31.8 Å². The number of halogens is 1. The summed E-state index contributed by atoms with van der Waals surface area (Å²) in [6.07, 6.45) is 0. The minimum absolute atomic E-state index is 0.0356. The zero-order valence-electron chi connectivity index (χ0n) is 15.4. The number of hydrogen-bond acceptors (Lipinski definition) is 4. The fourth-order valence-electron chi connectivity index (χ4n) is 3.39. The molecule has 3 aromatic rings. The summed E-state index contributed by atoms with van der Waals surface area (Å²) in [5.74, 6) is -0.733. The van der Waals surface area contributed by atoms with Crippen LogP contribution >= 0.6 is 11.6 Å². The van der Waals surface area contributed by atoms with Gasteiger partial charge in [0.15, 0.2) is 5.78 Å². The van der Waals surface area contributed by atoms with E-state index in [-0.39, 0.29) is 44.7 Å². The second-order valence-electron chi connectivity index (χ2n) is 6.79. The molecule has 1 aliphatic rings. The van der Waals surface area contributed by atoms with Crippen molar-refractivity contribution < 1.29 is 18.0 Å². The summed E-state index contributed by atoms with van der Waals surface area (Å²) in [7, 11) is -2.28. The first kappa shape index (κ1) is 19.4. The van der Waals surface area contributed by atoms with Gasteiger partial charge in [-0.05, 0) is 42.0 Å². The highest BCUT2D eigenvalue weighted by Gasteiger charge is 2.35. The molecule has 29 heavy (non-hydrogen) atoms. The molecule has 5 nitrogen and oxygen atoms in total. The first-order valence-electron chi connectivity index (χ1n) is 8.82. The standard InChI is InChI=1S/C22H16ClNO4S/c1-24(13-15-6-2-4-8-18(15)23)22(26)14-10-11-17-20(12-14)29(27,28)19-9-5-3-7-16(19)21(17)25/h2-12H,13H2,1H3. The molecule has 0 aliphatic carbocycles. The van der Waals surface area contributed by atoms with Gasteiger partial charge in [0.05, 0.1) is 9.79 Å². The lowest BCUT2D eigenvalue weighted by atomic mass is 10.0. The molecule has 0 bridgehead atoms.